The van der Waals surface area contributed by atoms with Gasteiger partial charge in [-0.05, 0) is 109 Å². The molecule has 0 bridgehead atoms. The molecule has 0 fully saturated rings. The van der Waals surface area contributed by atoms with E-state index in [4.69, 9.17) is 0 Å². The van der Waals surface area contributed by atoms with Crippen LogP contribution in [0.3, 0.4) is 0 Å². The molecule has 0 aromatic heterocycles. The van der Waals surface area contributed by atoms with Crippen molar-refractivity contribution in [3.8, 4) is 0 Å². The first-order valence-electron chi connectivity index (χ1n) is 35.4. The second-order valence-corrected chi connectivity index (χ2v) is 23.6. The number of hydrogen-bond donors (Lipinski definition) is 3. The Labute approximate surface area is 511 Å². The molecule has 4 heteroatoms. The molecule has 0 aromatic rings. The van der Waals surface area contributed by atoms with Gasteiger partial charge in [0, 0.05) is 6.42 Å². The lowest BCUT2D eigenvalue weighted by Gasteiger charge is -2.19. The molecule has 82 heavy (non-hydrogen) atoms. The number of aliphatic hydroxyl groups excluding tert-OH is 2. The zero-order valence-electron chi connectivity index (χ0n) is 54.2. The third-order valence-corrected chi connectivity index (χ3v) is 15.6. The summed E-state index contributed by atoms with van der Waals surface area (Å²) in [5.74, 6) is -0.0822. The molecule has 0 aliphatic carbocycles. The van der Waals surface area contributed by atoms with Gasteiger partial charge in [-0.2, -0.15) is 0 Å². The number of carbonyl (C=O) groups is 1. The molecule has 0 saturated heterocycles. The van der Waals surface area contributed by atoms with Gasteiger partial charge in [0.2, 0.25) is 5.91 Å². The van der Waals surface area contributed by atoms with E-state index >= 15 is 0 Å². The Bertz CT molecular complexity index is 1620. The smallest absolute Gasteiger partial charge is 0.220 e. The minimum Gasteiger partial charge on any atom is -0.394 e. The summed E-state index contributed by atoms with van der Waals surface area (Å²) in [6.45, 7) is 4.20. The highest BCUT2D eigenvalue weighted by molar-refractivity contribution is 5.76. The van der Waals surface area contributed by atoms with E-state index in [9.17, 15) is 15.0 Å². The predicted octanol–water partition coefficient (Wildman–Crippen LogP) is 24.5. The number of nitrogens with one attached hydrogen (secondary N) is 1. The van der Waals surface area contributed by atoms with Gasteiger partial charge < -0.3 is 15.5 Å². The Morgan fingerprint density at radius 2 is 0.549 bits per heavy atom. The fraction of sp³-hybridized carbons (Fsp3) is 0.705. The van der Waals surface area contributed by atoms with Crippen LogP contribution < -0.4 is 5.32 Å². The van der Waals surface area contributed by atoms with Gasteiger partial charge >= 0.3 is 0 Å². The first-order chi connectivity index (χ1) is 40.7. The largest absolute Gasteiger partial charge is 0.394 e. The van der Waals surface area contributed by atoms with E-state index < -0.39 is 12.1 Å². The van der Waals surface area contributed by atoms with Crippen LogP contribution in [0.15, 0.2) is 134 Å². The van der Waals surface area contributed by atoms with Gasteiger partial charge in [-0.1, -0.05) is 353 Å². The molecule has 0 spiro atoms. The van der Waals surface area contributed by atoms with Crippen LogP contribution in [0, 0.1) is 0 Å². The Hall–Kier alpha value is -3.47. The second kappa shape index (κ2) is 71.8. The van der Waals surface area contributed by atoms with Gasteiger partial charge in [0.25, 0.3) is 0 Å². The fourth-order valence-electron chi connectivity index (χ4n) is 10.3. The summed E-state index contributed by atoms with van der Waals surface area (Å²) in [7, 11) is 0. The maximum Gasteiger partial charge on any atom is 0.220 e. The number of hydrogen-bond acceptors (Lipinski definition) is 3. The highest BCUT2D eigenvalue weighted by Gasteiger charge is 2.18. The van der Waals surface area contributed by atoms with Crippen LogP contribution in [0.25, 0.3) is 0 Å². The minimum absolute atomic E-state index is 0.0822. The molecule has 0 aliphatic heterocycles. The summed E-state index contributed by atoms with van der Waals surface area (Å²) in [5.41, 5.74) is 0. The van der Waals surface area contributed by atoms with Crippen LogP contribution in [-0.4, -0.2) is 34.9 Å². The van der Waals surface area contributed by atoms with E-state index in [2.05, 4.69) is 141 Å². The Morgan fingerprint density at radius 3 is 0.854 bits per heavy atom. The van der Waals surface area contributed by atoms with Crippen molar-refractivity contribution < 1.29 is 15.0 Å². The number of aliphatic hydroxyl groups is 2. The first kappa shape index (κ1) is 78.5. The first-order valence-corrected chi connectivity index (χ1v) is 35.4. The monoisotopic (exact) mass is 1130 g/mol. The van der Waals surface area contributed by atoms with Crippen molar-refractivity contribution in [3.63, 3.8) is 0 Å². The van der Waals surface area contributed by atoms with Crippen LogP contribution in [0.1, 0.15) is 335 Å². The fourth-order valence-corrected chi connectivity index (χ4v) is 10.3. The van der Waals surface area contributed by atoms with Crippen molar-refractivity contribution in [2.24, 2.45) is 0 Å². The Morgan fingerprint density at radius 1 is 0.305 bits per heavy atom. The average Bonchev–Trinajstić information content (AvgIpc) is 3.50. The number of carbonyl (C=O) groups excluding carboxylic acids is 1. The lowest BCUT2D eigenvalue weighted by molar-refractivity contribution is -0.123. The van der Waals surface area contributed by atoms with Gasteiger partial charge in [-0.15, -0.1) is 0 Å². The molecular formula is C78H135NO3. The molecule has 0 saturated carbocycles. The van der Waals surface area contributed by atoms with Crippen LogP contribution in [-0.2, 0) is 4.79 Å². The summed E-state index contributed by atoms with van der Waals surface area (Å²) in [6.07, 6.45) is 111. The molecule has 1 amide bonds. The van der Waals surface area contributed by atoms with E-state index in [1.165, 1.54) is 225 Å². The third kappa shape index (κ3) is 67.3. The average molecular weight is 1130 g/mol. The van der Waals surface area contributed by atoms with Crippen molar-refractivity contribution in [2.45, 2.75) is 347 Å². The van der Waals surface area contributed by atoms with Crippen molar-refractivity contribution in [1.29, 1.82) is 0 Å². The normalized spacial score (nSPS) is 13.6. The molecule has 0 radical (unpaired) electrons. The molecule has 2 atom stereocenters. The lowest BCUT2D eigenvalue weighted by Crippen LogP contribution is -2.45. The van der Waals surface area contributed by atoms with Gasteiger partial charge in [0.1, 0.15) is 0 Å². The predicted molar refractivity (Wildman–Crippen MR) is 368 cm³/mol. The number of rotatable bonds is 64. The van der Waals surface area contributed by atoms with E-state index in [0.29, 0.717) is 6.42 Å². The molecule has 3 N–H and O–H groups in total. The van der Waals surface area contributed by atoms with Gasteiger partial charge in [-0.25, -0.2) is 0 Å². The summed E-state index contributed by atoms with van der Waals surface area (Å²) in [5, 5.41) is 23.3. The molecule has 2 unspecified atom stereocenters. The van der Waals surface area contributed by atoms with Crippen molar-refractivity contribution in [2.75, 3.05) is 6.61 Å². The van der Waals surface area contributed by atoms with Crippen LogP contribution in [0.4, 0.5) is 0 Å². The van der Waals surface area contributed by atoms with Gasteiger partial charge in [-0.3, -0.25) is 4.79 Å². The molecule has 0 aromatic carbocycles. The van der Waals surface area contributed by atoms with Crippen LogP contribution >= 0.6 is 0 Å². The van der Waals surface area contributed by atoms with Crippen LogP contribution in [0.5, 0.6) is 0 Å². The summed E-state index contributed by atoms with van der Waals surface area (Å²) < 4.78 is 0. The molecule has 470 valence electrons. The van der Waals surface area contributed by atoms with Crippen LogP contribution in [0.2, 0.25) is 0 Å². The van der Waals surface area contributed by atoms with Crippen molar-refractivity contribution >= 4 is 5.91 Å². The summed E-state index contributed by atoms with van der Waals surface area (Å²) in [4.78, 5) is 12.5. The van der Waals surface area contributed by atoms with Gasteiger partial charge in [0.15, 0.2) is 0 Å². The lowest BCUT2D eigenvalue weighted by atomic mass is 10.0. The maximum absolute atomic E-state index is 12.5. The van der Waals surface area contributed by atoms with Gasteiger partial charge in [0.05, 0.1) is 18.8 Å². The standard InChI is InChI=1S/C78H135NO3/c1-3-5-7-9-11-13-15-17-19-21-23-25-27-29-31-33-35-37-38-39-40-42-44-46-48-50-52-54-56-58-60-62-64-66-68-70-72-74-78(82)79-76(75-80)77(81)73-71-69-67-65-63-61-59-57-55-53-51-49-47-45-43-41-36-34-32-30-28-26-24-22-20-18-16-14-12-10-8-6-4-2/h5,7,11,13,17,19,23,25,29,31,35,37,39-40,44,46,55,57,63,65,71,73,76-77,80-81H,3-4,6,8-10,12,14-16,18,20-22,24,26-28,30,32-34,36,38,41-43,45,47-54,56,58-62,64,66-70,72,74-75H2,1-2H3,(H,79,82)/b7-5-,13-11-,19-17-,25-23-,31-29-,37-35-,40-39-,46-44-,57-55+,65-63+,73-71+. The zero-order valence-corrected chi connectivity index (χ0v) is 54.2. The van der Waals surface area contributed by atoms with E-state index in [-0.39, 0.29) is 12.5 Å². The van der Waals surface area contributed by atoms with E-state index in [0.717, 1.165) is 89.9 Å². The molecule has 0 rings (SSSR count). The molecule has 4 nitrogen and oxygen atoms in total. The topological polar surface area (TPSA) is 69.6 Å². The molecule has 0 heterocycles. The highest BCUT2D eigenvalue weighted by Crippen LogP contribution is 2.17. The number of unbranched alkanes of at least 4 members (excludes halogenated alkanes) is 37. The third-order valence-electron chi connectivity index (χ3n) is 15.6. The summed E-state index contributed by atoms with van der Waals surface area (Å²) in [6, 6.07) is -0.658. The summed E-state index contributed by atoms with van der Waals surface area (Å²) >= 11 is 0. The SMILES string of the molecule is CC/C=C\C/C=C\C/C=C\C/C=C\C/C=C\C/C=C\C/C=C\C/C=C\CCCCCCCCCCCCCCC(=O)NC(CO)C(O)/C=C/CC/C=C/CC/C=C/CCCCCCCCCCCCCCCCCCCCCCCCC. The highest BCUT2D eigenvalue weighted by atomic mass is 16.3. The Balaban J connectivity index is 3.57. The number of allylic oxidation sites excluding steroid dienone is 21. The Kier molecular flexibility index (Phi) is 68.8. The zero-order chi connectivity index (χ0) is 59.1. The quantitative estimate of drug-likeness (QED) is 0.0420. The molecule has 0 aliphatic rings. The van der Waals surface area contributed by atoms with E-state index in [1.807, 2.05) is 6.08 Å². The molecular weight excluding hydrogens is 999 g/mol. The van der Waals surface area contributed by atoms with Crippen molar-refractivity contribution in [1.82, 2.24) is 5.32 Å². The minimum atomic E-state index is -0.882. The van der Waals surface area contributed by atoms with E-state index in [1.54, 1.807) is 6.08 Å². The number of amides is 1. The second-order valence-electron chi connectivity index (χ2n) is 23.6. The van der Waals surface area contributed by atoms with Crippen molar-refractivity contribution in [3.05, 3.63) is 134 Å². The maximum atomic E-state index is 12.5.